The monoisotopic (exact) mass is 512 g/mol. The summed E-state index contributed by atoms with van der Waals surface area (Å²) in [6, 6.07) is 20.5. The first kappa shape index (κ1) is 24.0. The van der Waals surface area contributed by atoms with Gasteiger partial charge in [0.15, 0.2) is 0 Å². The van der Waals surface area contributed by atoms with Crippen LogP contribution in [-0.4, -0.2) is 10.8 Å². The number of nitrogens with one attached hydrogen (secondary N) is 1. The van der Waals surface area contributed by atoms with Crippen LogP contribution in [-0.2, 0) is 0 Å². The number of nitro benzene ring substituents is 1. The van der Waals surface area contributed by atoms with E-state index in [1.54, 1.807) is 24.3 Å². The van der Waals surface area contributed by atoms with Crippen LogP contribution in [0.3, 0.4) is 0 Å². The van der Waals surface area contributed by atoms with Crippen LogP contribution in [0.15, 0.2) is 84.9 Å². The van der Waals surface area contributed by atoms with E-state index in [0.717, 1.165) is 6.07 Å². The van der Waals surface area contributed by atoms with Gasteiger partial charge in [0.1, 0.15) is 28.8 Å². The molecule has 0 spiro atoms. The maximum Gasteiger partial charge on any atom is 0.276 e. The van der Waals surface area contributed by atoms with Gasteiger partial charge in [-0.25, -0.2) is 4.39 Å². The van der Waals surface area contributed by atoms with E-state index in [4.69, 9.17) is 32.7 Å². The van der Waals surface area contributed by atoms with Gasteiger partial charge in [0, 0.05) is 22.3 Å². The summed E-state index contributed by atoms with van der Waals surface area (Å²) in [6.07, 6.45) is 0. The number of non-ortho nitro benzene ring substituents is 1. The molecule has 4 rings (SSSR count). The lowest BCUT2D eigenvalue weighted by Crippen LogP contribution is -2.11. The molecule has 0 radical (unpaired) electrons. The predicted molar refractivity (Wildman–Crippen MR) is 131 cm³/mol. The van der Waals surface area contributed by atoms with Crippen LogP contribution in [0.25, 0.3) is 0 Å². The predicted octanol–water partition coefficient (Wildman–Crippen LogP) is 7.88. The number of benzene rings is 4. The average Bonchev–Trinajstić information content (AvgIpc) is 2.82. The van der Waals surface area contributed by atoms with Crippen LogP contribution in [0.4, 0.5) is 15.8 Å². The number of hydrogen-bond donors (Lipinski definition) is 1. The van der Waals surface area contributed by atoms with Gasteiger partial charge in [0.25, 0.3) is 11.6 Å². The number of halogens is 3. The molecule has 0 aliphatic carbocycles. The Balaban J connectivity index is 1.50. The first-order valence-electron chi connectivity index (χ1n) is 10.0. The number of anilines is 1. The van der Waals surface area contributed by atoms with Gasteiger partial charge in [-0.3, -0.25) is 14.9 Å². The molecule has 0 aliphatic heterocycles. The minimum Gasteiger partial charge on any atom is -0.457 e. The minimum absolute atomic E-state index is 0.109. The van der Waals surface area contributed by atoms with Gasteiger partial charge in [-0.05, 0) is 60.7 Å². The molecule has 0 saturated carbocycles. The lowest BCUT2D eigenvalue weighted by atomic mass is 10.2. The highest BCUT2D eigenvalue weighted by Gasteiger charge is 2.14. The average molecular weight is 513 g/mol. The Labute approximate surface area is 208 Å². The fourth-order valence-corrected chi connectivity index (χ4v) is 3.39. The summed E-state index contributed by atoms with van der Waals surface area (Å²) >= 11 is 11.7. The Kier molecular flexibility index (Phi) is 7.14. The van der Waals surface area contributed by atoms with E-state index in [9.17, 15) is 19.3 Å². The highest BCUT2D eigenvalue weighted by atomic mass is 35.5. The fourth-order valence-electron chi connectivity index (χ4n) is 3.03. The van der Waals surface area contributed by atoms with Crippen LogP contribution < -0.4 is 14.8 Å². The van der Waals surface area contributed by atoms with Crippen LogP contribution in [0.2, 0.25) is 10.0 Å². The Morgan fingerprint density at radius 1 is 0.829 bits per heavy atom. The van der Waals surface area contributed by atoms with Crippen molar-refractivity contribution in [3.8, 4) is 23.0 Å². The van der Waals surface area contributed by atoms with Gasteiger partial charge < -0.3 is 14.8 Å². The summed E-state index contributed by atoms with van der Waals surface area (Å²) < 4.78 is 24.7. The fraction of sp³-hybridized carbons (Fsp3) is 0. The Morgan fingerprint density at radius 2 is 1.51 bits per heavy atom. The van der Waals surface area contributed by atoms with Gasteiger partial charge in [-0.1, -0.05) is 29.3 Å². The molecule has 4 aromatic carbocycles. The van der Waals surface area contributed by atoms with Gasteiger partial charge in [0.05, 0.1) is 22.1 Å². The highest BCUT2D eigenvalue weighted by molar-refractivity contribution is 6.31. The number of ether oxygens (including phenoxy) is 2. The molecule has 35 heavy (non-hydrogen) atoms. The second kappa shape index (κ2) is 10.4. The lowest BCUT2D eigenvalue weighted by molar-refractivity contribution is -0.385. The second-order valence-electron chi connectivity index (χ2n) is 7.19. The molecule has 0 aliphatic rings. The zero-order valence-corrected chi connectivity index (χ0v) is 19.2. The molecular formula is C25H15Cl2FN2O5. The van der Waals surface area contributed by atoms with Crippen molar-refractivity contribution in [2.75, 3.05) is 5.32 Å². The van der Waals surface area contributed by atoms with Crippen LogP contribution in [0.5, 0.6) is 23.0 Å². The van der Waals surface area contributed by atoms with Crippen LogP contribution >= 0.6 is 23.2 Å². The van der Waals surface area contributed by atoms with Crippen molar-refractivity contribution < 1.29 is 23.6 Å². The van der Waals surface area contributed by atoms with Gasteiger partial charge in [-0.2, -0.15) is 0 Å². The van der Waals surface area contributed by atoms with E-state index in [-0.39, 0.29) is 22.2 Å². The molecule has 4 aromatic rings. The molecule has 0 aromatic heterocycles. The summed E-state index contributed by atoms with van der Waals surface area (Å²) in [6.45, 7) is 0. The van der Waals surface area contributed by atoms with Crippen molar-refractivity contribution in [2.45, 2.75) is 0 Å². The number of amides is 1. The Bertz CT molecular complexity index is 1410. The zero-order valence-electron chi connectivity index (χ0n) is 17.7. The van der Waals surface area contributed by atoms with E-state index in [1.807, 2.05) is 0 Å². The van der Waals surface area contributed by atoms with E-state index in [1.165, 1.54) is 54.6 Å². The molecule has 1 N–H and O–H groups in total. The van der Waals surface area contributed by atoms with E-state index in [2.05, 4.69) is 5.32 Å². The maximum absolute atomic E-state index is 13.3. The van der Waals surface area contributed by atoms with Gasteiger partial charge in [0.2, 0.25) is 0 Å². The number of rotatable bonds is 7. The molecule has 0 saturated heterocycles. The molecular weight excluding hydrogens is 498 g/mol. The summed E-state index contributed by atoms with van der Waals surface area (Å²) in [5, 5.41) is 14.3. The Morgan fingerprint density at radius 3 is 2.14 bits per heavy atom. The standard InChI is InChI=1S/C25H15Cl2FN2O5/c26-16-2-1-3-20(10-16)35-22-13-18(30(32)33)12-21(14-22)34-19-7-4-15(5-8-19)25(31)29-17-6-9-24(28)23(27)11-17/h1-14H,(H,29,31). The molecule has 7 nitrogen and oxygen atoms in total. The summed E-state index contributed by atoms with van der Waals surface area (Å²) in [5.41, 5.74) is 0.417. The third kappa shape index (κ3) is 6.26. The highest BCUT2D eigenvalue weighted by Crippen LogP contribution is 2.34. The van der Waals surface area contributed by atoms with Gasteiger partial charge in [-0.15, -0.1) is 0 Å². The molecule has 0 fully saturated rings. The number of nitro groups is 1. The molecule has 0 atom stereocenters. The molecule has 0 unspecified atom stereocenters. The van der Waals surface area contributed by atoms with E-state index < -0.39 is 16.6 Å². The van der Waals surface area contributed by atoms with Crippen molar-refractivity contribution >= 4 is 40.5 Å². The van der Waals surface area contributed by atoms with Crippen LogP contribution in [0.1, 0.15) is 10.4 Å². The first-order valence-corrected chi connectivity index (χ1v) is 10.8. The first-order chi connectivity index (χ1) is 16.8. The molecule has 0 bridgehead atoms. The third-order valence-electron chi connectivity index (χ3n) is 4.64. The summed E-state index contributed by atoms with van der Waals surface area (Å²) in [4.78, 5) is 23.3. The smallest absolute Gasteiger partial charge is 0.276 e. The summed E-state index contributed by atoms with van der Waals surface area (Å²) in [5.74, 6) is 0.0577. The van der Waals surface area contributed by atoms with Crippen molar-refractivity contribution in [3.63, 3.8) is 0 Å². The van der Waals surface area contributed by atoms with Gasteiger partial charge >= 0.3 is 0 Å². The number of hydrogen-bond acceptors (Lipinski definition) is 5. The van der Waals surface area contributed by atoms with Crippen molar-refractivity contribution in [1.29, 1.82) is 0 Å². The second-order valence-corrected chi connectivity index (χ2v) is 8.03. The summed E-state index contributed by atoms with van der Waals surface area (Å²) in [7, 11) is 0. The number of nitrogens with zero attached hydrogens (tertiary/aromatic N) is 1. The third-order valence-corrected chi connectivity index (χ3v) is 5.16. The molecule has 10 heteroatoms. The van der Waals surface area contributed by atoms with E-state index in [0.29, 0.717) is 27.8 Å². The molecule has 0 heterocycles. The van der Waals surface area contributed by atoms with Crippen molar-refractivity contribution in [3.05, 3.63) is 116 Å². The lowest BCUT2D eigenvalue weighted by Gasteiger charge is -2.10. The maximum atomic E-state index is 13.3. The zero-order chi connectivity index (χ0) is 24.9. The minimum atomic E-state index is -0.589. The normalized spacial score (nSPS) is 10.5. The quantitative estimate of drug-likeness (QED) is 0.201. The topological polar surface area (TPSA) is 90.7 Å². The Hall–Kier alpha value is -4.14. The number of carbonyl (C=O) groups is 1. The van der Waals surface area contributed by atoms with Crippen molar-refractivity contribution in [2.24, 2.45) is 0 Å². The molecule has 176 valence electrons. The van der Waals surface area contributed by atoms with Crippen LogP contribution in [0, 0.1) is 15.9 Å². The number of carbonyl (C=O) groups excluding carboxylic acids is 1. The SMILES string of the molecule is O=C(Nc1ccc(F)c(Cl)c1)c1ccc(Oc2cc(Oc3cccc(Cl)c3)cc([N+](=O)[O-])c2)cc1. The largest absolute Gasteiger partial charge is 0.457 e. The van der Waals surface area contributed by atoms with E-state index >= 15 is 0 Å². The molecule has 1 amide bonds. The van der Waals surface area contributed by atoms with Crippen molar-refractivity contribution in [1.82, 2.24) is 0 Å².